The Bertz CT molecular complexity index is 243. The van der Waals surface area contributed by atoms with Crippen LogP contribution in [-0.4, -0.2) is 11.0 Å². The predicted molar refractivity (Wildman–Crippen MR) is 42.1 cm³/mol. The molecule has 1 aromatic heterocycles. The van der Waals surface area contributed by atoms with Crippen molar-refractivity contribution in [3.63, 3.8) is 0 Å². The number of carbonyl (C=O) groups is 1. The van der Waals surface area contributed by atoms with Crippen LogP contribution in [0.3, 0.4) is 0 Å². The quantitative estimate of drug-likeness (QED) is 0.692. The van der Waals surface area contributed by atoms with Crippen LogP contribution in [0.4, 0.5) is 0 Å². The summed E-state index contributed by atoms with van der Waals surface area (Å²) < 4.78 is 4.93. The second-order valence-electron chi connectivity index (χ2n) is 2.54. The summed E-state index contributed by atoms with van der Waals surface area (Å²) in [6.45, 7) is 0. The predicted octanol–water partition coefficient (Wildman–Crippen LogP) is 0.579. The van der Waals surface area contributed by atoms with Gasteiger partial charge in [-0.3, -0.25) is 4.79 Å². The Morgan fingerprint density at radius 2 is 2.50 bits per heavy atom. The first-order valence-electron chi connectivity index (χ1n) is 3.70. The Labute approximate surface area is 70.0 Å². The lowest BCUT2D eigenvalue weighted by Crippen LogP contribution is -2.11. The summed E-state index contributed by atoms with van der Waals surface area (Å²) in [6.07, 6.45) is 1.22. The molecular formula is C8H11NO3. The molecule has 0 radical (unpaired) electrons. The number of rotatable bonds is 4. The van der Waals surface area contributed by atoms with E-state index in [0.717, 1.165) is 0 Å². The molecule has 0 bridgehead atoms. The van der Waals surface area contributed by atoms with Crippen molar-refractivity contribution < 1.29 is 14.3 Å². The van der Waals surface area contributed by atoms with Crippen molar-refractivity contribution in [3.8, 4) is 0 Å². The molecule has 4 nitrogen and oxygen atoms in total. The molecule has 66 valence electrons. The number of primary amides is 1. The topological polar surface area (TPSA) is 76.5 Å². The van der Waals surface area contributed by atoms with Gasteiger partial charge in [0.2, 0.25) is 5.91 Å². The number of hydrogen-bond donors (Lipinski definition) is 2. The Morgan fingerprint density at radius 1 is 1.75 bits per heavy atom. The molecule has 0 aliphatic carbocycles. The summed E-state index contributed by atoms with van der Waals surface area (Å²) in [5.74, 6) is 0.0526. The summed E-state index contributed by atoms with van der Waals surface area (Å²) in [7, 11) is 0. The number of aliphatic hydroxyl groups excluding tert-OH is 1. The number of carbonyl (C=O) groups excluding carboxylic acids is 1. The van der Waals surface area contributed by atoms with Gasteiger partial charge in [0.1, 0.15) is 11.9 Å². The summed E-state index contributed by atoms with van der Waals surface area (Å²) in [4.78, 5) is 10.4. The molecule has 1 unspecified atom stereocenters. The first-order valence-corrected chi connectivity index (χ1v) is 3.70. The average Bonchev–Trinajstić information content (AvgIpc) is 2.51. The summed E-state index contributed by atoms with van der Waals surface area (Å²) >= 11 is 0. The smallest absolute Gasteiger partial charge is 0.217 e. The number of amides is 1. The standard InChI is InChI=1S/C8H11NO3/c9-8(11)4-3-6(10)7-2-1-5-12-7/h1-2,5-6,10H,3-4H2,(H2,9,11). The van der Waals surface area contributed by atoms with Crippen molar-refractivity contribution in [2.45, 2.75) is 18.9 Å². The van der Waals surface area contributed by atoms with Crippen molar-refractivity contribution in [2.24, 2.45) is 5.73 Å². The van der Waals surface area contributed by atoms with E-state index >= 15 is 0 Å². The van der Waals surface area contributed by atoms with Crippen LogP contribution >= 0.6 is 0 Å². The Morgan fingerprint density at radius 3 is 3.00 bits per heavy atom. The van der Waals surface area contributed by atoms with Crippen LogP contribution in [0.25, 0.3) is 0 Å². The van der Waals surface area contributed by atoms with Crippen molar-refractivity contribution in [2.75, 3.05) is 0 Å². The van der Waals surface area contributed by atoms with E-state index in [1.807, 2.05) is 0 Å². The van der Waals surface area contributed by atoms with Crippen LogP contribution in [0.15, 0.2) is 22.8 Å². The first-order chi connectivity index (χ1) is 5.70. The van der Waals surface area contributed by atoms with Gasteiger partial charge < -0.3 is 15.3 Å². The lowest BCUT2D eigenvalue weighted by atomic mass is 10.1. The van der Waals surface area contributed by atoms with E-state index in [-0.39, 0.29) is 6.42 Å². The molecule has 1 heterocycles. The van der Waals surface area contributed by atoms with Crippen LogP contribution in [0, 0.1) is 0 Å². The number of nitrogens with two attached hydrogens (primary N) is 1. The Kier molecular flexibility index (Phi) is 2.88. The van der Waals surface area contributed by atoms with E-state index in [9.17, 15) is 9.90 Å². The van der Waals surface area contributed by atoms with Crippen LogP contribution in [-0.2, 0) is 4.79 Å². The van der Waals surface area contributed by atoms with E-state index in [1.54, 1.807) is 12.1 Å². The van der Waals surface area contributed by atoms with E-state index in [1.165, 1.54) is 6.26 Å². The largest absolute Gasteiger partial charge is 0.467 e. The van der Waals surface area contributed by atoms with Crippen molar-refractivity contribution in [1.29, 1.82) is 0 Å². The molecule has 4 heteroatoms. The molecule has 1 atom stereocenters. The van der Waals surface area contributed by atoms with Crippen LogP contribution in [0.1, 0.15) is 24.7 Å². The van der Waals surface area contributed by atoms with Gasteiger partial charge in [-0.15, -0.1) is 0 Å². The third-order valence-corrected chi connectivity index (χ3v) is 1.54. The third kappa shape index (κ3) is 2.39. The van der Waals surface area contributed by atoms with Gasteiger partial charge in [-0.1, -0.05) is 0 Å². The molecule has 0 aliphatic heterocycles. The maximum atomic E-state index is 10.4. The van der Waals surface area contributed by atoms with Crippen molar-refractivity contribution in [3.05, 3.63) is 24.2 Å². The zero-order valence-electron chi connectivity index (χ0n) is 6.56. The van der Waals surface area contributed by atoms with Gasteiger partial charge >= 0.3 is 0 Å². The minimum Gasteiger partial charge on any atom is -0.467 e. The zero-order chi connectivity index (χ0) is 8.97. The maximum Gasteiger partial charge on any atom is 0.217 e. The van der Waals surface area contributed by atoms with Gasteiger partial charge in [0.05, 0.1) is 6.26 Å². The van der Waals surface area contributed by atoms with Crippen LogP contribution in [0.5, 0.6) is 0 Å². The van der Waals surface area contributed by atoms with Gasteiger partial charge in [0, 0.05) is 6.42 Å². The molecular weight excluding hydrogens is 158 g/mol. The van der Waals surface area contributed by atoms with E-state index in [4.69, 9.17) is 10.2 Å². The number of furan rings is 1. The number of hydrogen-bond acceptors (Lipinski definition) is 3. The average molecular weight is 169 g/mol. The molecule has 3 N–H and O–H groups in total. The highest BCUT2D eigenvalue weighted by Crippen LogP contribution is 2.17. The molecule has 1 aromatic rings. The van der Waals surface area contributed by atoms with E-state index in [0.29, 0.717) is 12.2 Å². The van der Waals surface area contributed by atoms with Gasteiger partial charge in [0.15, 0.2) is 0 Å². The van der Waals surface area contributed by atoms with Crippen molar-refractivity contribution >= 4 is 5.91 Å². The Hall–Kier alpha value is -1.29. The molecule has 12 heavy (non-hydrogen) atoms. The highest BCUT2D eigenvalue weighted by atomic mass is 16.4. The molecule has 0 saturated heterocycles. The lowest BCUT2D eigenvalue weighted by Gasteiger charge is -2.04. The van der Waals surface area contributed by atoms with Crippen LogP contribution < -0.4 is 5.73 Å². The second-order valence-corrected chi connectivity index (χ2v) is 2.54. The molecule has 0 aromatic carbocycles. The highest BCUT2D eigenvalue weighted by Gasteiger charge is 2.10. The summed E-state index contributed by atoms with van der Waals surface area (Å²) in [5, 5.41) is 9.36. The van der Waals surface area contributed by atoms with Gasteiger partial charge in [-0.2, -0.15) is 0 Å². The third-order valence-electron chi connectivity index (χ3n) is 1.54. The van der Waals surface area contributed by atoms with Crippen LogP contribution in [0.2, 0.25) is 0 Å². The molecule has 0 spiro atoms. The fourth-order valence-corrected chi connectivity index (χ4v) is 0.902. The summed E-state index contributed by atoms with van der Waals surface area (Å²) in [5.41, 5.74) is 4.91. The van der Waals surface area contributed by atoms with Crippen molar-refractivity contribution in [1.82, 2.24) is 0 Å². The molecule has 1 amide bonds. The number of aliphatic hydroxyl groups is 1. The van der Waals surface area contributed by atoms with E-state index < -0.39 is 12.0 Å². The normalized spacial score (nSPS) is 12.8. The molecule has 0 saturated carbocycles. The second kappa shape index (κ2) is 3.92. The molecule has 0 fully saturated rings. The summed E-state index contributed by atoms with van der Waals surface area (Å²) in [6, 6.07) is 3.34. The van der Waals surface area contributed by atoms with Gasteiger partial charge in [0.25, 0.3) is 0 Å². The fourth-order valence-electron chi connectivity index (χ4n) is 0.902. The maximum absolute atomic E-state index is 10.4. The van der Waals surface area contributed by atoms with Gasteiger partial charge in [-0.05, 0) is 18.6 Å². The van der Waals surface area contributed by atoms with E-state index in [2.05, 4.69) is 0 Å². The monoisotopic (exact) mass is 169 g/mol. The first kappa shape index (κ1) is 8.80. The Balaban J connectivity index is 2.39. The molecule has 1 rings (SSSR count). The minimum absolute atomic E-state index is 0.169. The minimum atomic E-state index is -0.729. The highest BCUT2D eigenvalue weighted by molar-refractivity contribution is 5.73. The molecule has 0 aliphatic rings. The zero-order valence-corrected chi connectivity index (χ0v) is 6.56. The SMILES string of the molecule is NC(=O)CCC(O)c1ccco1. The van der Waals surface area contributed by atoms with Gasteiger partial charge in [-0.25, -0.2) is 0 Å². The fraction of sp³-hybridized carbons (Fsp3) is 0.375. The lowest BCUT2D eigenvalue weighted by molar-refractivity contribution is -0.118.